The predicted octanol–water partition coefficient (Wildman–Crippen LogP) is 4.09. The Kier molecular flexibility index (Phi) is 5.20. The number of carbonyl (C=O) groups is 1. The number of benzene rings is 1. The van der Waals surface area contributed by atoms with Gasteiger partial charge >= 0.3 is 0 Å². The normalized spacial score (nSPS) is 17.4. The fraction of sp³-hybridized carbons (Fsp3) is 0.350. The van der Waals surface area contributed by atoms with E-state index >= 15 is 0 Å². The van der Waals surface area contributed by atoms with Crippen LogP contribution < -0.4 is 14.8 Å². The highest BCUT2D eigenvalue weighted by Crippen LogP contribution is 2.33. The molecule has 1 aliphatic heterocycles. The lowest BCUT2D eigenvalue weighted by Crippen LogP contribution is -2.36. The molecule has 1 aromatic carbocycles. The number of carbonyl (C=O) groups excluding carboxylic acids is 1. The van der Waals surface area contributed by atoms with E-state index in [1.54, 1.807) is 11.3 Å². The number of fused-ring (bicyclic) bond motifs is 1. The molecule has 1 N–H and O–H groups in total. The van der Waals surface area contributed by atoms with Crippen LogP contribution in [0, 0.1) is 0 Å². The topological polar surface area (TPSA) is 73.3 Å². The van der Waals surface area contributed by atoms with Gasteiger partial charge in [-0.25, -0.2) is 9.97 Å². The number of hydrogen-bond acceptors (Lipinski definition) is 6. The maximum absolute atomic E-state index is 12.0. The predicted molar refractivity (Wildman–Crippen MR) is 105 cm³/mol. The summed E-state index contributed by atoms with van der Waals surface area (Å²) in [4.78, 5) is 22.8. The van der Waals surface area contributed by atoms with E-state index in [0.29, 0.717) is 17.4 Å². The molecule has 1 aliphatic rings. The standard InChI is InChI=1S/C20H21N3O3S/c1-2-15-11-16-19(22-12-23-20(16)27-15)26-14-8-6-13(7-9-14)25-17-5-3-4-10-21-18(17)24/h6-9,11-12,17H,2-5,10H2,1H3,(H,21,24). The smallest absolute Gasteiger partial charge is 0.261 e. The molecule has 4 rings (SSSR count). The van der Waals surface area contributed by atoms with Crippen LogP contribution in [0.2, 0.25) is 0 Å². The number of ether oxygens (including phenoxy) is 2. The number of aryl methyl sites for hydroxylation is 1. The fourth-order valence-corrected chi connectivity index (χ4v) is 3.95. The summed E-state index contributed by atoms with van der Waals surface area (Å²) in [6.07, 6.45) is 4.76. The summed E-state index contributed by atoms with van der Waals surface area (Å²) in [5, 5.41) is 3.81. The van der Waals surface area contributed by atoms with Gasteiger partial charge in [0.1, 0.15) is 22.7 Å². The highest BCUT2D eigenvalue weighted by atomic mass is 32.1. The summed E-state index contributed by atoms with van der Waals surface area (Å²) in [5.74, 6) is 1.83. The molecule has 0 spiro atoms. The Bertz CT molecular complexity index is 939. The molecule has 1 saturated heterocycles. The Hall–Kier alpha value is -2.67. The van der Waals surface area contributed by atoms with Crippen LogP contribution in [-0.4, -0.2) is 28.5 Å². The van der Waals surface area contributed by atoms with Gasteiger partial charge in [-0.05, 0) is 56.0 Å². The Morgan fingerprint density at radius 2 is 2.00 bits per heavy atom. The van der Waals surface area contributed by atoms with E-state index < -0.39 is 6.10 Å². The van der Waals surface area contributed by atoms with Crippen molar-refractivity contribution in [3.05, 3.63) is 41.5 Å². The van der Waals surface area contributed by atoms with Gasteiger partial charge in [0.15, 0.2) is 6.10 Å². The molecule has 1 fully saturated rings. The summed E-state index contributed by atoms with van der Waals surface area (Å²) in [5.41, 5.74) is 0. The zero-order valence-corrected chi connectivity index (χ0v) is 15.9. The zero-order chi connectivity index (χ0) is 18.6. The van der Waals surface area contributed by atoms with Gasteiger partial charge in [-0.3, -0.25) is 4.79 Å². The van der Waals surface area contributed by atoms with Crippen LogP contribution in [0.3, 0.4) is 0 Å². The first-order valence-electron chi connectivity index (χ1n) is 9.18. The number of hydrogen-bond donors (Lipinski definition) is 1. The van der Waals surface area contributed by atoms with E-state index in [9.17, 15) is 4.79 Å². The maximum atomic E-state index is 12.0. The van der Waals surface area contributed by atoms with E-state index in [1.165, 1.54) is 11.2 Å². The van der Waals surface area contributed by atoms with E-state index in [-0.39, 0.29) is 5.91 Å². The van der Waals surface area contributed by atoms with Crippen LogP contribution in [0.5, 0.6) is 17.4 Å². The van der Waals surface area contributed by atoms with Gasteiger partial charge in [0.05, 0.1) is 5.39 Å². The van der Waals surface area contributed by atoms with Gasteiger partial charge in [0, 0.05) is 11.4 Å². The zero-order valence-electron chi connectivity index (χ0n) is 15.1. The summed E-state index contributed by atoms with van der Waals surface area (Å²) < 4.78 is 11.8. The van der Waals surface area contributed by atoms with Crippen LogP contribution in [0.4, 0.5) is 0 Å². The Morgan fingerprint density at radius 3 is 2.81 bits per heavy atom. The lowest BCUT2D eigenvalue weighted by Gasteiger charge is -2.16. The van der Waals surface area contributed by atoms with Crippen molar-refractivity contribution in [1.29, 1.82) is 0 Å². The molecular formula is C20H21N3O3S. The quantitative estimate of drug-likeness (QED) is 0.718. The van der Waals surface area contributed by atoms with Crippen molar-refractivity contribution in [2.45, 2.75) is 38.7 Å². The van der Waals surface area contributed by atoms with Gasteiger partial charge in [0.2, 0.25) is 5.88 Å². The Labute approximate surface area is 161 Å². The molecule has 0 radical (unpaired) electrons. The molecule has 3 heterocycles. The minimum Gasteiger partial charge on any atom is -0.481 e. The molecule has 27 heavy (non-hydrogen) atoms. The minimum atomic E-state index is -0.431. The van der Waals surface area contributed by atoms with Gasteiger partial charge < -0.3 is 14.8 Å². The largest absolute Gasteiger partial charge is 0.481 e. The van der Waals surface area contributed by atoms with Crippen molar-refractivity contribution in [2.75, 3.05) is 6.54 Å². The average Bonchev–Trinajstić information content (AvgIpc) is 3.02. The Balaban J connectivity index is 1.48. The molecule has 3 aromatic rings. The average molecular weight is 383 g/mol. The molecule has 2 aromatic heterocycles. The van der Waals surface area contributed by atoms with Gasteiger partial charge in [-0.15, -0.1) is 11.3 Å². The van der Waals surface area contributed by atoms with Gasteiger partial charge in [-0.2, -0.15) is 0 Å². The molecule has 1 atom stereocenters. The van der Waals surface area contributed by atoms with Crippen molar-refractivity contribution >= 4 is 27.5 Å². The first kappa shape index (κ1) is 17.7. The van der Waals surface area contributed by atoms with E-state index in [1.807, 2.05) is 24.3 Å². The maximum Gasteiger partial charge on any atom is 0.261 e. The van der Waals surface area contributed by atoms with E-state index in [2.05, 4.69) is 28.3 Å². The van der Waals surface area contributed by atoms with Crippen LogP contribution in [0.1, 0.15) is 31.1 Å². The third kappa shape index (κ3) is 4.03. The van der Waals surface area contributed by atoms with Gasteiger partial charge in [0.25, 0.3) is 5.91 Å². The van der Waals surface area contributed by atoms with Crippen molar-refractivity contribution in [1.82, 2.24) is 15.3 Å². The van der Waals surface area contributed by atoms with Gasteiger partial charge in [-0.1, -0.05) is 6.92 Å². The SMILES string of the molecule is CCc1cc2c(Oc3ccc(OC4CCCCNC4=O)cc3)ncnc2s1. The molecule has 6 nitrogen and oxygen atoms in total. The molecule has 1 amide bonds. The number of aromatic nitrogens is 2. The van der Waals surface area contributed by atoms with E-state index in [0.717, 1.165) is 42.4 Å². The van der Waals surface area contributed by atoms with Crippen molar-refractivity contribution in [3.63, 3.8) is 0 Å². The number of nitrogens with one attached hydrogen (secondary N) is 1. The number of nitrogens with zero attached hydrogens (tertiary/aromatic N) is 2. The third-order valence-electron chi connectivity index (χ3n) is 4.49. The minimum absolute atomic E-state index is 0.0413. The monoisotopic (exact) mass is 383 g/mol. The Morgan fingerprint density at radius 1 is 1.19 bits per heavy atom. The number of rotatable bonds is 5. The fourth-order valence-electron chi connectivity index (χ4n) is 3.03. The first-order chi connectivity index (χ1) is 13.2. The second-order valence-corrected chi connectivity index (χ2v) is 7.55. The van der Waals surface area contributed by atoms with Crippen LogP contribution in [0.25, 0.3) is 10.2 Å². The molecular weight excluding hydrogens is 362 g/mol. The van der Waals surface area contributed by atoms with E-state index in [4.69, 9.17) is 9.47 Å². The third-order valence-corrected chi connectivity index (χ3v) is 5.68. The highest BCUT2D eigenvalue weighted by Gasteiger charge is 2.22. The molecule has 0 bridgehead atoms. The van der Waals surface area contributed by atoms with Crippen molar-refractivity contribution < 1.29 is 14.3 Å². The lowest BCUT2D eigenvalue weighted by atomic mass is 10.2. The summed E-state index contributed by atoms with van der Waals surface area (Å²) in [6, 6.07) is 9.36. The summed E-state index contributed by atoms with van der Waals surface area (Å²) in [7, 11) is 0. The molecule has 140 valence electrons. The number of thiophene rings is 1. The van der Waals surface area contributed by atoms with Crippen molar-refractivity contribution in [2.24, 2.45) is 0 Å². The lowest BCUT2D eigenvalue weighted by molar-refractivity contribution is -0.127. The van der Waals surface area contributed by atoms with Crippen molar-refractivity contribution in [3.8, 4) is 17.4 Å². The molecule has 1 unspecified atom stereocenters. The molecule has 0 saturated carbocycles. The van der Waals surface area contributed by atoms with Crippen LogP contribution in [-0.2, 0) is 11.2 Å². The second-order valence-electron chi connectivity index (χ2n) is 6.43. The summed E-state index contributed by atoms with van der Waals surface area (Å²) >= 11 is 1.66. The molecule has 0 aliphatic carbocycles. The van der Waals surface area contributed by atoms with Crippen LogP contribution >= 0.6 is 11.3 Å². The second kappa shape index (κ2) is 7.92. The first-order valence-corrected chi connectivity index (χ1v) is 10.0. The molecule has 7 heteroatoms. The summed E-state index contributed by atoms with van der Waals surface area (Å²) in [6.45, 7) is 2.84. The number of amides is 1. The highest BCUT2D eigenvalue weighted by molar-refractivity contribution is 7.18. The van der Waals surface area contributed by atoms with Crippen LogP contribution in [0.15, 0.2) is 36.7 Å².